The van der Waals surface area contributed by atoms with Crippen LogP contribution in [0.4, 0.5) is 0 Å². The second-order valence-electron chi connectivity index (χ2n) is 7.02. The predicted molar refractivity (Wildman–Crippen MR) is 92.6 cm³/mol. The van der Waals surface area contributed by atoms with Gasteiger partial charge in [-0.05, 0) is 44.4 Å². The Labute approximate surface area is 143 Å². The van der Waals surface area contributed by atoms with E-state index in [1.807, 2.05) is 32.2 Å². The molecule has 1 unspecified atom stereocenters. The lowest BCUT2D eigenvalue weighted by molar-refractivity contribution is -0.127. The number of hydrogen-bond acceptors (Lipinski definition) is 3. The van der Waals surface area contributed by atoms with Gasteiger partial charge in [-0.25, -0.2) is 0 Å². The summed E-state index contributed by atoms with van der Waals surface area (Å²) in [5, 5.41) is 0. The number of hydrogen-bond donors (Lipinski definition) is 0. The zero-order valence-electron chi connectivity index (χ0n) is 14.7. The van der Waals surface area contributed by atoms with Crippen molar-refractivity contribution in [1.82, 2.24) is 9.47 Å². The van der Waals surface area contributed by atoms with Crippen LogP contribution in [0.1, 0.15) is 55.8 Å². The summed E-state index contributed by atoms with van der Waals surface area (Å²) in [6, 6.07) is 4.24. The van der Waals surface area contributed by atoms with Gasteiger partial charge in [0.1, 0.15) is 5.49 Å². The Bertz CT molecular complexity index is 686. The summed E-state index contributed by atoms with van der Waals surface area (Å²) in [6.07, 6.45) is 8.07. The molecule has 1 aliphatic carbocycles. The Kier molecular flexibility index (Phi) is 5.17. The molecule has 24 heavy (non-hydrogen) atoms. The predicted octanol–water partition coefficient (Wildman–Crippen LogP) is 2.54. The normalized spacial score (nSPS) is 23.1. The minimum Gasteiger partial charge on any atom is -0.342 e. The van der Waals surface area contributed by atoms with Crippen LogP contribution in [-0.4, -0.2) is 40.4 Å². The Morgan fingerprint density at radius 3 is 2.71 bits per heavy atom. The average molecular weight is 329 g/mol. The lowest BCUT2D eigenvalue weighted by Gasteiger charge is -2.19. The summed E-state index contributed by atoms with van der Waals surface area (Å²) in [6.45, 7) is 5.17. The standard InChI is InChI=1S/C19H27N3O2/c1-3-21-13-15(12-18(21)23)19(24)22-10-9-14(2)11-17(22)20-16-7-5-4-6-8-16/h9-11,15-16H,3-8,12-13H2,1-2H3. The zero-order chi connectivity index (χ0) is 17.1. The molecule has 0 radical (unpaired) electrons. The van der Waals surface area contributed by atoms with Crippen LogP contribution in [0.3, 0.4) is 0 Å². The maximum Gasteiger partial charge on any atom is 0.237 e. The van der Waals surface area contributed by atoms with Crippen molar-refractivity contribution in [2.75, 3.05) is 13.1 Å². The van der Waals surface area contributed by atoms with Crippen LogP contribution in [0.15, 0.2) is 23.3 Å². The molecule has 2 aliphatic rings. The Balaban J connectivity index is 1.89. The molecule has 1 aliphatic heterocycles. The Hall–Kier alpha value is -1.91. The number of carbonyl (C=O) groups is 2. The average Bonchev–Trinajstić information content (AvgIpc) is 2.96. The van der Waals surface area contributed by atoms with Crippen molar-refractivity contribution >= 4 is 11.8 Å². The highest BCUT2D eigenvalue weighted by Gasteiger charge is 2.34. The highest BCUT2D eigenvalue weighted by Crippen LogP contribution is 2.21. The molecule has 1 saturated heterocycles. The third-order valence-electron chi connectivity index (χ3n) is 5.16. The summed E-state index contributed by atoms with van der Waals surface area (Å²) in [4.78, 5) is 31.5. The molecule has 2 heterocycles. The highest BCUT2D eigenvalue weighted by atomic mass is 16.2. The van der Waals surface area contributed by atoms with Crippen LogP contribution in [-0.2, 0) is 4.79 Å². The van der Waals surface area contributed by atoms with E-state index in [4.69, 9.17) is 4.99 Å². The minimum atomic E-state index is -0.259. The summed E-state index contributed by atoms with van der Waals surface area (Å²) in [7, 11) is 0. The second kappa shape index (κ2) is 7.32. The van der Waals surface area contributed by atoms with E-state index in [1.165, 1.54) is 19.3 Å². The van der Waals surface area contributed by atoms with Crippen LogP contribution in [0, 0.1) is 12.8 Å². The number of nitrogens with zero attached hydrogens (tertiary/aromatic N) is 3. The minimum absolute atomic E-state index is 0.00569. The van der Waals surface area contributed by atoms with Crippen molar-refractivity contribution < 1.29 is 9.59 Å². The smallest absolute Gasteiger partial charge is 0.237 e. The van der Waals surface area contributed by atoms with E-state index in [-0.39, 0.29) is 17.7 Å². The highest BCUT2D eigenvalue weighted by molar-refractivity contribution is 5.90. The zero-order valence-corrected chi connectivity index (χ0v) is 14.7. The Morgan fingerprint density at radius 1 is 1.29 bits per heavy atom. The summed E-state index contributed by atoms with van der Waals surface area (Å²) in [5.41, 5.74) is 1.85. The number of aromatic nitrogens is 1. The van der Waals surface area contributed by atoms with E-state index in [9.17, 15) is 9.59 Å². The number of likely N-dealkylation sites (tertiary alicyclic amines) is 1. The fourth-order valence-electron chi connectivity index (χ4n) is 3.71. The summed E-state index contributed by atoms with van der Waals surface area (Å²) in [5.74, 6) is -0.186. The number of carbonyl (C=O) groups excluding carboxylic acids is 2. The van der Waals surface area contributed by atoms with E-state index in [0.29, 0.717) is 25.6 Å². The Morgan fingerprint density at radius 2 is 2.04 bits per heavy atom. The van der Waals surface area contributed by atoms with Gasteiger partial charge in [0.15, 0.2) is 0 Å². The third kappa shape index (κ3) is 3.60. The van der Waals surface area contributed by atoms with Crippen LogP contribution < -0.4 is 5.49 Å². The number of amides is 1. The maximum absolute atomic E-state index is 13.0. The molecule has 0 spiro atoms. The van der Waals surface area contributed by atoms with Crippen molar-refractivity contribution in [1.29, 1.82) is 0 Å². The van der Waals surface area contributed by atoms with Gasteiger partial charge in [0, 0.05) is 25.7 Å². The van der Waals surface area contributed by atoms with Crippen LogP contribution in [0.25, 0.3) is 0 Å². The van der Waals surface area contributed by atoms with Crippen molar-refractivity contribution in [2.24, 2.45) is 10.9 Å². The fraction of sp³-hybridized carbons (Fsp3) is 0.632. The topological polar surface area (TPSA) is 54.7 Å². The number of pyridine rings is 1. The fourth-order valence-corrected chi connectivity index (χ4v) is 3.71. The number of aryl methyl sites for hydroxylation is 1. The van der Waals surface area contributed by atoms with Gasteiger partial charge in [-0.2, -0.15) is 0 Å². The molecule has 130 valence electrons. The molecule has 1 saturated carbocycles. The molecule has 1 atom stereocenters. The molecule has 2 fully saturated rings. The quantitative estimate of drug-likeness (QED) is 0.856. The van der Waals surface area contributed by atoms with Crippen molar-refractivity contribution in [2.45, 2.75) is 58.4 Å². The summed E-state index contributed by atoms with van der Waals surface area (Å²) < 4.78 is 1.67. The molecule has 1 aromatic heterocycles. The van der Waals surface area contributed by atoms with Gasteiger partial charge in [0.25, 0.3) is 0 Å². The van der Waals surface area contributed by atoms with Crippen molar-refractivity contribution in [3.8, 4) is 0 Å². The number of rotatable bonds is 3. The lowest BCUT2D eigenvalue weighted by Crippen LogP contribution is -2.34. The molecular formula is C19H27N3O2. The molecule has 0 N–H and O–H groups in total. The van der Waals surface area contributed by atoms with Gasteiger partial charge in [0.2, 0.25) is 11.8 Å². The lowest BCUT2D eigenvalue weighted by atomic mass is 9.96. The summed E-state index contributed by atoms with van der Waals surface area (Å²) >= 11 is 0. The molecule has 0 aromatic carbocycles. The van der Waals surface area contributed by atoms with E-state index in [1.54, 1.807) is 9.47 Å². The van der Waals surface area contributed by atoms with Gasteiger partial charge in [0.05, 0.1) is 12.0 Å². The largest absolute Gasteiger partial charge is 0.342 e. The van der Waals surface area contributed by atoms with Crippen molar-refractivity contribution in [3.05, 3.63) is 29.4 Å². The third-order valence-corrected chi connectivity index (χ3v) is 5.16. The molecule has 5 heteroatoms. The van der Waals surface area contributed by atoms with Gasteiger partial charge in [-0.15, -0.1) is 0 Å². The maximum atomic E-state index is 13.0. The van der Waals surface area contributed by atoms with Crippen molar-refractivity contribution in [3.63, 3.8) is 0 Å². The van der Waals surface area contributed by atoms with Crippen LogP contribution >= 0.6 is 0 Å². The molecular weight excluding hydrogens is 302 g/mol. The monoisotopic (exact) mass is 329 g/mol. The van der Waals surface area contributed by atoms with Gasteiger partial charge >= 0.3 is 0 Å². The van der Waals surface area contributed by atoms with E-state index < -0.39 is 0 Å². The van der Waals surface area contributed by atoms with Gasteiger partial charge < -0.3 is 4.90 Å². The van der Waals surface area contributed by atoms with Gasteiger partial charge in [-0.1, -0.05) is 19.3 Å². The molecule has 5 nitrogen and oxygen atoms in total. The molecule has 3 rings (SSSR count). The molecule has 1 aromatic rings. The first-order valence-electron chi connectivity index (χ1n) is 9.13. The van der Waals surface area contributed by atoms with Crippen LogP contribution in [0.2, 0.25) is 0 Å². The molecule has 1 amide bonds. The van der Waals surface area contributed by atoms with E-state index in [2.05, 4.69) is 0 Å². The first-order chi connectivity index (χ1) is 11.6. The second-order valence-corrected chi connectivity index (χ2v) is 7.02. The SMILES string of the molecule is CCN1CC(C(=O)n2ccc(C)cc2=NC2CCCCC2)CC1=O. The first-order valence-corrected chi connectivity index (χ1v) is 9.13. The first kappa shape index (κ1) is 16.9. The van der Waals surface area contributed by atoms with E-state index in [0.717, 1.165) is 23.9 Å². The van der Waals surface area contributed by atoms with Gasteiger partial charge in [-0.3, -0.25) is 19.1 Å². The van der Waals surface area contributed by atoms with Crippen LogP contribution in [0.5, 0.6) is 0 Å². The molecule has 0 bridgehead atoms. The van der Waals surface area contributed by atoms with E-state index >= 15 is 0 Å².